The van der Waals surface area contributed by atoms with Gasteiger partial charge in [-0.05, 0) is 42.0 Å². The molecule has 0 N–H and O–H groups in total. The number of unbranched alkanes of at least 4 members (excludes halogenated alkanes) is 2. The Morgan fingerprint density at radius 2 is 1.81 bits per heavy atom. The quantitative estimate of drug-likeness (QED) is 0.491. The highest BCUT2D eigenvalue weighted by molar-refractivity contribution is 8.18. The summed E-state index contributed by atoms with van der Waals surface area (Å²) >= 11 is 0.993. The zero-order valence-corrected chi connectivity index (χ0v) is 16.6. The number of benzene rings is 2. The number of carbonyl (C=O) groups excluding carboxylic acids is 2. The minimum Gasteiger partial charge on any atom is -0.496 e. The number of thioether (sulfide) groups is 1. The molecule has 0 spiro atoms. The largest absolute Gasteiger partial charge is 0.496 e. The van der Waals surface area contributed by atoms with Crippen molar-refractivity contribution in [2.45, 2.75) is 26.2 Å². The number of nitrogens with zero attached hydrogens (tertiary/aromatic N) is 1. The minimum atomic E-state index is -0.222. The zero-order valence-electron chi connectivity index (χ0n) is 15.8. The molecule has 1 saturated heterocycles. The predicted molar refractivity (Wildman–Crippen MR) is 109 cm³/mol. The number of ether oxygens (including phenoxy) is 2. The van der Waals surface area contributed by atoms with E-state index in [2.05, 4.69) is 6.92 Å². The van der Waals surface area contributed by atoms with Crippen LogP contribution in [0.3, 0.4) is 0 Å². The first-order valence-electron chi connectivity index (χ1n) is 8.99. The summed E-state index contributed by atoms with van der Waals surface area (Å²) in [4.78, 5) is 26.7. The Hall–Kier alpha value is -2.47. The number of carbonyl (C=O) groups is 2. The van der Waals surface area contributed by atoms with Crippen LogP contribution in [0.1, 0.15) is 31.7 Å². The molecule has 0 saturated carbocycles. The monoisotopic (exact) mass is 385 g/mol. The van der Waals surface area contributed by atoms with Crippen LogP contribution >= 0.6 is 11.8 Å². The summed E-state index contributed by atoms with van der Waals surface area (Å²) in [6.07, 6.45) is 4.65. The number of fused-ring (bicyclic) bond motifs is 1. The van der Waals surface area contributed by atoms with Crippen molar-refractivity contribution in [2.75, 3.05) is 20.8 Å². The van der Waals surface area contributed by atoms with Crippen LogP contribution in [0.4, 0.5) is 4.79 Å². The molecule has 2 aromatic rings. The normalized spacial score (nSPS) is 15.8. The fourth-order valence-corrected chi connectivity index (χ4v) is 4.05. The Balaban J connectivity index is 2.01. The Morgan fingerprint density at radius 1 is 1.04 bits per heavy atom. The molecule has 0 bridgehead atoms. The smallest absolute Gasteiger partial charge is 0.293 e. The Labute approximate surface area is 163 Å². The van der Waals surface area contributed by atoms with Crippen molar-refractivity contribution in [1.82, 2.24) is 4.90 Å². The molecular formula is C21H23NO4S. The van der Waals surface area contributed by atoms with Crippen LogP contribution in [0, 0.1) is 0 Å². The molecule has 6 heteroatoms. The molecule has 0 radical (unpaired) electrons. The van der Waals surface area contributed by atoms with Crippen molar-refractivity contribution >= 4 is 39.8 Å². The molecule has 1 aliphatic heterocycles. The van der Waals surface area contributed by atoms with Gasteiger partial charge in [0.05, 0.1) is 19.1 Å². The average molecular weight is 385 g/mol. The zero-order chi connectivity index (χ0) is 19.4. The lowest BCUT2D eigenvalue weighted by molar-refractivity contribution is -0.122. The van der Waals surface area contributed by atoms with Crippen LogP contribution in [-0.4, -0.2) is 36.8 Å². The van der Waals surface area contributed by atoms with E-state index in [9.17, 15) is 9.59 Å². The molecule has 0 atom stereocenters. The second-order valence-corrected chi connectivity index (χ2v) is 7.27. The van der Waals surface area contributed by atoms with Crippen LogP contribution in [0.5, 0.6) is 11.5 Å². The third-order valence-electron chi connectivity index (χ3n) is 4.58. The second kappa shape index (κ2) is 8.48. The van der Waals surface area contributed by atoms with Crippen molar-refractivity contribution in [3.05, 3.63) is 40.8 Å². The third-order valence-corrected chi connectivity index (χ3v) is 5.49. The van der Waals surface area contributed by atoms with E-state index in [0.717, 1.165) is 53.1 Å². The number of hydrogen-bond donors (Lipinski definition) is 0. The summed E-state index contributed by atoms with van der Waals surface area (Å²) in [6, 6.07) is 9.46. The van der Waals surface area contributed by atoms with Crippen molar-refractivity contribution in [1.29, 1.82) is 0 Å². The van der Waals surface area contributed by atoms with Gasteiger partial charge in [-0.2, -0.15) is 0 Å². The molecule has 1 fully saturated rings. The first-order chi connectivity index (χ1) is 13.1. The molecule has 142 valence electrons. The first-order valence-corrected chi connectivity index (χ1v) is 9.81. The van der Waals surface area contributed by atoms with Crippen LogP contribution in [0.2, 0.25) is 0 Å². The summed E-state index contributed by atoms with van der Waals surface area (Å²) in [7, 11) is 3.23. The van der Waals surface area contributed by atoms with Gasteiger partial charge in [0.2, 0.25) is 0 Å². The van der Waals surface area contributed by atoms with E-state index < -0.39 is 0 Å². The summed E-state index contributed by atoms with van der Waals surface area (Å²) in [6.45, 7) is 2.57. The van der Waals surface area contributed by atoms with Gasteiger partial charge in [-0.1, -0.05) is 38.0 Å². The average Bonchev–Trinajstić information content (AvgIpc) is 2.95. The highest BCUT2D eigenvalue weighted by Crippen LogP contribution is 2.38. The highest BCUT2D eigenvalue weighted by Gasteiger charge is 2.34. The molecular weight excluding hydrogens is 362 g/mol. The van der Waals surface area contributed by atoms with E-state index in [0.29, 0.717) is 17.2 Å². The summed E-state index contributed by atoms with van der Waals surface area (Å²) < 4.78 is 11.0. The third kappa shape index (κ3) is 3.81. The van der Waals surface area contributed by atoms with Gasteiger partial charge in [-0.15, -0.1) is 0 Å². The Kier molecular flexibility index (Phi) is 6.06. The van der Waals surface area contributed by atoms with Gasteiger partial charge in [0.25, 0.3) is 11.1 Å². The van der Waals surface area contributed by atoms with Crippen LogP contribution in [0.25, 0.3) is 16.8 Å². The molecule has 27 heavy (non-hydrogen) atoms. The van der Waals surface area contributed by atoms with E-state index in [1.807, 2.05) is 30.3 Å². The summed E-state index contributed by atoms with van der Waals surface area (Å²) in [5.41, 5.74) is 0.822. The van der Waals surface area contributed by atoms with Crippen LogP contribution in [-0.2, 0) is 4.79 Å². The maximum absolute atomic E-state index is 12.7. The number of imide groups is 1. The lowest BCUT2D eigenvalue weighted by atomic mass is 10.0. The predicted octanol–water partition coefficient (Wildman–Crippen LogP) is 5.08. The number of hydrogen-bond acceptors (Lipinski definition) is 5. The van der Waals surface area contributed by atoms with E-state index in [4.69, 9.17) is 9.47 Å². The van der Waals surface area contributed by atoms with Crippen LogP contribution < -0.4 is 9.47 Å². The van der Waals surface area contributed by atoms with Crippen molar-refractivity contribution < 1.29 is 19.1 Å². The molecule has 0 aliphatic carbocycles. The maximum atomic E-state index is 12.7. The second-order valence-electron chi connectivity index (χ2n) is 6.28. The van der Waals surface area contributed by atoms with Gasteiger partial charge >= 0.3 is 0 Å². The number of amides is 2. The van der Waals surface area contributed by atoms with E-state index >= 15 is 0 Å². The molecule has 2 aromatic carbocycles. The number of rotatable bonds is 7. The number of methoxy groups -OCH3 is 2. The molecule has 5 nitrogen and oxygen atoms in total. The van der Waals surface area contributed by atoms with Crippen molar-refractivity contribution in [2.24, 2.45) is 0 Å². The van der Waals surface area contributed by atoms with E-state index in [1.54, 1.807) is 20.3 Å². The fraction of sp³-hybridized carbons (Fsp3) is 0.333. The van der Waals surface area contributed by atoms with E-state index in [-0.39, 0.29) is 11.1 Å². The van der Waals surface area contributed by atoms with Gasteiger partial charge in [0.1, 0.15) is 11.5 Å². The molecule has 3 rings (SSSR count). The standard InChI is InChI=1S/C21H23NO4S/c1-4-5-6-12-22-20(23)18(27-21(22)24)13-14-10-11-16(25-2)15-8-7-9-17(26-3)19(14)15/h7-11,13H,4-6,12H2,1-3H3/b18-13-. The molecule has 1 heterocycles. The van der Waals surface area contributed by atoms with Gasteiger partial charge in [0, 0.05) is 17.3 Å². The summed E-state index contributed by atoms with van der Waals surface area (Å²) in [5, 5.41) is 1.55. The van der Waals surface area contributed by atoms with E-state index in [1.165, 1.54) is 4.90 Å². The lowest BCUT2D eigenvalue weighted by Gasteiger charge is -2.13. The first kappa shape index (κ1) is 19.3. The molecule has 2 amide bonds. The lowest BCUT2D eigenvalue weighted by Crippen LogP contribution is -2.29. The summed E-state index contributed by atoms with van der Waals surface area (Å²) in [5.74, 6) is 1.20. The van der Waals surface area contributed by atoms with Gasteiger partial charge in [-0.25, -0.2) is 0 Å². The van der Waals surface area contributed by atoms with Crippen molar-refractivity contribution in [3.63, 3.8) is 0 Å². The molecule has 0 aromatic heterocycles. The molecule has 1 aliphatic rings. The topological polar surface area (TPSA) is 55.8 Å². The molecule has 0 unspecified atom stereocenters. The van der Waals surface area contributed by atoms with Gasteiger partial charge < -0.3 is 9.47 Å². The Bertz CT molecular complexity index is 906. The minimum absolute atomic E-state index is 0.202. The Morgan fingerprint density at radius 3 is 2.52 bits per heavy atom. The SMILES string of the molecule is CCCCCN1C(=O)S/C(=C\c2ccc(OC)c3cccc(OC)c23)C1=O. The maximum Gasteiger partial charge on any atom is 0.293 e. The van der Waals surface area contributed by atoms with Crippen molar-refractivity contribution in [3.8, 4) is 11.5 Å². The fourth-order valence-electron chi connectivity index (χ4n) is 3.20. The highest BCUT2D eigenvalue weighted by atomic mass is 32.2. The van der Waals surface area contributed by atoms with Crippen LogP contribution in [0.15, 0.2) is 35.2 Å². The van der Waals surface area contributed by atoms with Gasteiger partial charge in [-0.3, -0.25) is 14.5 Å². The van der Waals surface area contributed by atoms with Gasteiger partial charge in [0.15, 0.2) is 0 Å².